The van der Waals surface area contributed by atoms with Crippen molar-refractivity contribution in [1.82, 2.24) is 4.98 Å². The standard InChI is InChI=1S/C10H11BrN2S2/c1-7(8-4-3-5-14-8)13(2)10-12-9(11)6-15-10/h3-7H,1-2H3. The molecule has 0 aromatic carbocycles. The Balaban J connectivity index is 2.18. The molecule has 2 aromatic heterocycles. The first-order chi connectivity index (χ1) is 7.18. The molecule has 1 unspecified atom stereocenters. The van der Waals surface area contributed by atoms with Crippen LogP contribution in [-0.4, -0.2) is 12.0 Å². The van der Waals surface area contributed by atoms with Gasteiger partial charge in [0.2, 0.25) is 0 Å². The summed E-state index contributed by atoms with van der Waals surface area (Å²) < 4.78 is 0.910. The van der Waals surface area contributed by atoms with Gasteiger partial charge in [0.1, 0.15) is 4.60 Å². The van der Waals surface area contributed by atoms with Gasteiger partial charge in [-0.1, -0.05) is 6.07 Å². The van der Waals surface area contributed by atoms with E-state index < -0.39 is 0 Å². The summed E-state index contributed by atoms with van der Waals surface area (Å²) in [5, 5.41) is 5.16. The topological polar surface area (TPSA) is 16.1 Å². The number of hydrogen-bond donors (Lipinski definition) is 0. The van der Waals surface area contributed by atoms with Crippen LogP contribution in [-0.2, 0) is 0 Å². The third-order valence-corrected chi connectivity index (χ3v) is 4.98. The van der Waals surface area contributed by atoms with Gasteiger partial charge >= 0.3 is 0 Å². The highest BCUT2D eigenvalue weighted by Crippen LogP contribution is 2.31. The van der Waals surface area contributed by atoms with E-state index in [9.17, 15) is 0 Å². The molecule has 0 radical (unpaired) electrons. The number of aromatic nitrogens is 1. The lowest BCUT2D eigenvalue weighted by Gasteiger charge is -2.23. The number of thiazole rings is 1. The number of thiophene rings is 1. The van der Waals surface area contributed by atoms with E-state index >= 15 is 0 Å². The van der Waals surface area contributed by atoms with Crippen molar-refractivity contribution in [3.05, 3.63) is 32.4 Å². The fourth-order valence-electron chi connectivity index (χ4n) is 1.29. The Kier molecular flexibility index (Phi) is 3.43. The number of hydrogen-bond acceptors (Lipinski definition) is 4. The second kappa shape index (κ2) is 4.63. The second-order valence-corrected chi connectivity index (χ2v) is 5.88. The van der Waals surface area contributed by atoms with E-state index in [1.165, 1.54) is 4.88 Å². The summed E-state index contributed by atoms with van der Waals surface area (Å²) in [6, 6.07) is 4.62. The first kappa shape index (κ1) is 11.1. The number of rotatable bonds is 3. The summed E-state index contributed by atoms with van der Waals surface area (Å²) in [6.45, 7) is 2.20. The molecule has 0 N–H and O–H groups in total. The largest absolute Gasteiger partial charge is 0.344 e. The Morgan fingerprint density at radius 1 is 1.47 bits per heavy atom. The molecule has 15 heavy (non-hydrogen) atoms. The van der Waals surface area contributed by atoms with E-state index in [1.807, 2.05) is 5.38 Å². The molecule has 2 aromatic rings. The zero-order valence-corrected chi connectivity index (χ0v) is 11.7. The van der Waals surface area contributed by atoms with Crippen molar-refractivity contribution in [2.75, 3.05) is 11.9 Å². The molecule has 2 rings (SSSR count). The maximum atomic E-state index is 4.41. The smallest absolute Gasteiger partial charge is 0.186 e. The third kappa shape index (κ3) is 2.41. The Bertz CT molecular complexity index is 424. The highest BCUT2D eigenvalue weighted by Gasteiger charge is 2.15. The van der Waals surface area contributed by atoms with Crippen molar-refractivity contribution in [2.45, 2.75) is 13.0 Å². The highest BCUT2D eigenvalue weighted by atomic mass is 79.9. The van der Waals surface area contributed by atoms with Crippen LogP contribution in [0.3, 0.4) is 0 Å². The van der Waals surface area contributed by atoms with E-state index in [2.05, 4.69) is 57.3 Å². The third-order valence-electron chi connectivity index (χ3n) is 2.30. The average Bonchev–Trinajstić information content (AvgIpc) is 2.85. The van der Waals surface area contributed by atoms with E-state index in [4.69, 9.17) is 0 Å². The van der Waals surface area contributed by atoms with Gasteiger partial charge in [0.15, 0.2) is 5.13 Å². The lowest BCUT2D eigenvalue weighted by molar-refractivity contribution is 0.750. The maximum absolute atomic E-state index is 4.41. The second-order valence-electron chi connectivity index (χ2n) is 3.26. The van der Waals surface area contributed by atoms with Crippen LogP contribution in [0.2, 0.25) is 0 Å². The van der Waals surface area contributed by atoms with Crippen LogP contribution in [0.5, 0.6) is 0 Å². The molecular weight excluding hydrogens is 292 g/mol. The monoisotopic (exact) mass is 302 g/mol. The molecule has 0 amide bonds. The Hall–Kier alpha value is -0.390. The van der Waals surface area contributed by atoms with E-state index in [1.54, 1.807) is 22.7 Å². The van der Waals surface area contributed by atoms with Crippen LogP contribution >= 0.6 is 38.6 Å². The van der Waals surface area contributed by atoms with Gasteiger partial charge in [-0.15, -0.1) is 22.7 Å². The van der Waals surface area contributed by atoms with Crippen LogP contribution in [0.25, 0.3) is 0 Å². The van der Waals surface area contributed by atoms with E-state index in [0.29, 0.717) is 6.04 Å². The number of nitrogens with zero attached hydrogens (tertiary/aromatic N) is 2. The fraction of sp³-hybridized carbons (Fsp3) is 0.300. The molecule has 0 spiro atoms. The summed E-state index contributed by atoms with van der Waals surface area (Å²) in [6.07, 6.45) is 0. The minimum Gasteiger partial charge on any atom is -0.344 e. The molecule has 80 valence electrons. The first-order valence-corrected chi connectivity index (χ1v) is 7.11. The molecule has 0 aliphatic heterocycles. The van der Waals surface area contributed by atoms with Crippen molar-refractivity contribution in [1.29, 1.82) is 0 Å². The highest BCUT2D eigenvalue weighted by molar-refractivity contribution is 9.10. The summed E-state index contributed by atoms with van der Waals surface area (Å²) in [5.74, 6) is 0. The fourth-order valence-corrected chi connectivity index (χ4v) is 3.42. The molecule has 5 heteroatoms. The molecule has 0 aliphatic carbocycles. The predicted molar refractivity (Wildman–Crippen MR) is 71.0 cm³/mol. The lowest BCUT2D eigenvalue weighted by atomic mass is 10.2. The molecule has 0 aliphatic rings. The molecule has 1 atom stereocenters. The molecule has 0 saturated heterocycles. The minimum absolute atomic E-state index is 0.378. The lowest BCUT2D eigenvalue weighted by Crippen LogP contribution is -2.20. The molecule has 2 heterocycles. The van der Waals surface area contributed by atoms with Gasteiger partial charge in [0.25, 0.3) is 0 Å². The van der Waals surface area contributed by atoms with Crippen molar-refractivity contribution >= 4 is 43.7 Å². The molecule has 0 fully saturated rings. The molecule has 2 nitrogen and oxygen atoms in total. The summed E-state index contributed by atoms with van der Waals surface area (Å²) in [5.41, 5.74) is 0. The van der Waals surface area contributed by atoms with Crippen LogP contribution < -0.4 is 4.90 Å². The van der Waals surface area contributed by atoms with Crippen molar-refractivity contribution in [3.63, 3.8) is 0 Å². The van der Waals surface area contributed by atoms with Crippen LogP contribution in [0, 0.1) is 0 Å². The van der Waals surface area contributed by atoms with Crippen molar-refractivity contribution in [2.24, 2.45) is 0 Å². The SMILES string of the molecule is CC(c1cccs1)N(C)c1nc(Br)cs1. The van der Waals surface area contributed by atoms with Gasteiger partial charge in [-0.2, -0.15) is 0 Å². The van der Waals surface area contributed by atoms with Gasteiger partial charge < -0.3 is 4.90 Å². The van der Waals surface area contributed by atoms with Gasteiger partial charge in [-0.05, 0) is 34.3 Å². The zero-order valence-electron chi connectivity index (χ0n) is 8.48. The summed E-state index contributed by atoms with van der Waals surface area (Å²) in [4.78, 5) is 7.97. The Labute approximate surface area is 106 Å². The molecule has 0 saturated carbocycles. The molecule has 0 bridgehead atoms. The van der Waals surface area contributed by atoms with Gasteiger partial charge in [0, 0.05) is 17.3 Å². The maximum Gasteiger partial charge on any atom is 0.186 e. The Morgan fingerprint density at radius 3 is 2.80 bits per heavy atom. The van der Waals surface area contributed by atoms with Crippen molar-refractivity contribution < 1.29 is 0 Å². The summed E-state index contributed by atoms with van der Waals surface area (Å²) >= 11 is 6.81. The van der Waals surface area contributed by atoms with E-state index in [0.717, 1.165) is 9.73 Å². The summed E-state index contributed by atoms with van der Waals surface area (Å²) in [7, 11) is 2.08. The Morgan fingerprint density at radius 2 is 2.27 bits per heavy atom. The van der Waals surface area contributed by atoms with Crippen LogP contribution in [0.15, 0.2) is 27.5 Å². The molecular formula is C10H11BrN2S2. The average molecular weight is 303 g/mol. The number of anilines is 1. The van der Waals surface area contributed by atoms with E-state index in [-0.39, 0.29) is 0 Å². The van der Waals surface area contributed by atoms with Crippen LogP contribution in [0.1, 0.15) is 17.8 Å². The van der Waals surface area contributed by atoms with Crippen LogP contribution in [0.4, 0.5) is 5.13 Å². The van der Waals surface area contributed by atoms with Crippen molar-refractivity contribution in [3.8, 4) is 0 Å². The number of halogens is 1. The zero-order chi connectivity index (χ0) is 10.8. The quantitative estimate of drug-likeness (QED) is 0.846. The van der Waals surface area contributed by atoms with Gasteiger partial charge in [-0.25, -0.2) is 4.98 Å². The normalized spacial score (nSPS) is 12.7. The first-order valence-electron chi connectivity index (χ1n) is 4.55. The van der Waals surface area contributed by atoms with Gasteiger partial charge in [-0.3, -0.25) is 0 Å². The predicted octanol–water partition coefficient (Wildman–Crippen LogP) is 4.16. The minimum atomic E-state index is 0.378. The van der Waals surface area contributed by atoms with Gasteiger partial charge in [0.05, 0.1) is 6.04 Å².